The molecule has 2 aromatic heterocycles. The zero-order chi connectivity index (χ0) is 27.4. The molecule has 0 unspecified atom stereocenters. The Bertz CT molecular complexity index is 1590. The number of sulfonamides is 1. The lowest BCUT2D eigenvalue weighted by Crippen LogP contribution is -2.14. The third kappa shape index (κ3) is 6.03. The summed E-state index contributed by atoms with van der Waals surface area (Å²) in [5.41, 5.74) is 2.81. The number of unbranched alkanes of at least 4 members (excludes halogenated alkanes) is 1. The summed E-state index contributed by atoms with van der Waals surface area (Å²) in [4.78, 5) is 31.5. The lowest BCUT2D eigenvalue weighted by atomic mass is 9.97. The molecule has 8 nitrogen and oxygen atoms in total. The van der Waals surface area contributed by atoms with Gasteiger partial charge in [-0.05, 0) is 42.5 Å². The molecule has 10 heteroatoms. The van der Waals surface area contributed by atoms with Gasteiger partial charge in [-0.3, -0.25) is 4.79 Å². The number of primary sulfonamides is 1. The highest BCUT2D eigenvalue weighted by atomic mass is 32.2. The Labute approximate surface area is 226 Å². The second kappa shape index (κ2) is 11.6. The molecule has 0 aliphatic carbocycles. The molecule has 200 valence electrons. The molecule has 0 aliphatic heterocycles. The summed E-state index contributed by atoms with van der Waals surface area (Å²) in [6.07, 6.45) is 3.64. The predicted octanol–water partition coefficient (Wildman–Crippen LogP) is 5.45. The first-order valence-corrected chi connectivity index (χ1v) is 14.9. The van der Waals surface area contributed by atoms with Gasteiger partial charge in [0.05, 0.1) is 36.1 Å². The number of carbonyl (C=O) groups excluding carboxylic acids is 2. The van der Waals surface area contributed by atoms with Crippen molar-refractivity contribution in [3.05, 3.63) is 70.9 Å². The van der Waals surface area contributed by atoms with E-state index >= 15 is 0 Å². The molecule has 4 rings (SSSR count). The maximum Gasteiger partial charge on any atom is 0.339 e. The third-order valence-corrected chi connectivity index (χ3v) is 8.73. The number of imidazole rings is 1. The van der Waals surface area contributed by atoms with E-state index in [0.717, 1.165) is 28.8 Å². The molecular formula is C28H31N3O5S2. The summed E-state index contributed by atoms with van der Waals surface area (Å²) in [7, 11) is -4.16. The second-order valence-corrected chi connectivity index (χ2v) is 12.4. The highest BCUT2D eigenvalue weighted by molar-refractivity contribution is 7.91. The van der Waals surface area contributed by atoms with Crippen LogP contribution in [-0.2, 0) is 27.7 Å². The van der Waals surface area contributed by atoms with Gasteiger partial charge >= 0.3 is 5.97 Å². The smallest absolute Gasteiger partial charge is 0.339 e. The number of para-hydroxylation sites is 2. The van der Waals surface area contributed by atoms with E-state index in [1.54, 1.807) is 35.2 Å². The van der Waals surface area contributed by atoms with Gasteiger partial charge in [0.15, 0.2) is 5.78 Å². The third-order valence-electron chi connectivity index (χ3n) is 6.05. The molecule has 2 aromatic carbocycles. The SMILES string of the molecule is CCCCOC(=O)c1c(CC(C)C)sc(S(N)(=O)=O)c1-c1cccc(C(=O)Cn2cnc3ccccc32)c1. The number of ether oxygens (including phenoxy) is 1. The van der Waals surface area contributed by atoms with Crippen LogP contribution in [0.25, 0.3) is 22.2 Å². The molecule has 2 N–H and O–H groups in total. The monoisotopic (exact) mass is 553 g/mol. The fraction of sp³-hybridized carbons (Fsp3) is 0.321. The number of nitrogens with two attached hydrogens (primary N) is 1. The molecule has 0 bridgehead atoms. The van der Waals surface area contributed by atoms with Gasteiger partial charge in [0.25, 0.3) is 0 Å². The summed E-state index contributed by atoms with van der Waals surface area (Å²) >= 11 is 0.992. The molecule has 0 aliphatic rings. The zero-order valence-corrected chi connectivity index (χ0v) is 23.3. The van der Waals surface area contributed by atoms with Crippen molar-refractivity contribution in [1.29, 1.82) is 0 Å². The van der Waals surface area contributed by atoms with Crippen molar-refractivity contribution in [2.45, 2.75) is 50.8 Å². The molecule has 38 heavy (non-hydrogen) atoms. The Morgan fingerprint density at radius 1 is 1.13 bits per heavy atom. The van der Waals surface area contributed by atoms with Gasteiger partial charge in [-0.25, -0.2) is 23.3 Å². The van der Waals surface area contributed by atoms with E-state index in [1.807, 2.05) is 45.0 Å². The van der Waals surface area contributed by atoms with Crippen molar-refractivity contribution in [2.75, 3.05) is 6.61 Å². The zero-order valence-electron chi connectivity index (χ0n) is 21.6. The van der Waals surface area contributed by atoms with Gasteiger partial charge in [-0.1, -0.05) is 57.5 Å². The minimum atomic E-state index is -4.16. The average molecular weight is 554 g/mol. The number of rotatable bonds is 11. The number of nitrogens with zero attached hydrogens (tertiary/aromatic N) is 2. The number of fused-ring (bicyclic) bond motifs is 1. The predicted molar refractivity (Wildman–Crippen MR) is 149 cm³/mol. The molecule has 4 aromatic rings. The molecule has 0 radical (unpaired) electrons. The number of hydrogen-bond donors (Lipinski definition) is 1. The average Bonchev–Trinajstić information content (AvgIpc) is 3.45. The van der Waals surface area contributed by atoms with Crippen LogP contribution < -0.4 is 5.14 Å². The van der Waals surface area contributed by atoms with Crippen molar-refractivity contribution in [1.82, 2.24) is 9.55 Å². The minimum absolute atomic E-state index is 0.0557. The van der Waals surface area contributed by atoms with E-state index in [1.165, 1.54) is 0 Å². The normalized spacial score (nSPS) is 11.8. The summed E-state index contributed by atoms with van der Waals surface area (Å²) in [5, 5.41) is 5.62. The fourth-order valence-corrected chi connectivity index (χ4v) is 6.78. The van der Waals surface area contributed by atoms with Crippen LogP contribution in [-0.4, -0.2) is 36.3 Å². The highest BCUT2D eigenvalue weighted by Crippen LogP contribution is 2.41. The molecule has 0 atom stereocenters. The van der Waals surface area contributed by atoms with Gasteiger partial charge < -0.3 is 9.30 Å². The van der Waals surface area contributed by atoms with Crippen LogP contribution in [0.15, 0.2) is 59.1 Å². The Morgan fingerprint density at radius 3 is 2.61 bits per heavy atom. The van der Waals surface area contributed by atoms with E-state index in [9.17, 15) is 18.0 Å². The number of benzene rings is 2. The van der Waals surface area contributed by atoms with E-state index < -0.39 is 16.0 Å². The van der Waals surface area contributed by atoms with Crippen molar-refractivity contribution < 1.29 is 22.7 Å². The molecule has 0 saturated heterocycles. The number of aromatic nitrogens is 2. The van der Waals surface area contributed by atoms with E-state index in [-0.39, 0.29) is 40.2 Å². The number of esters is 1. The summed E-state index contributed by atoms with van der Waals surface area (Å²) < 4.78 is 32.5. The highest BCUT2D eigenvalue weighted by Gasteiger charge is 2.31. The topological polar surface area (TPSA) is 121 Å². The van der Waals surface area contributed by atoms with Crippen LogP contribution in [0.2, 0.25) is 0 Å². The number of carbonyl (C=O) groups is 2. The van der Waals surface area contributed by atoms with Gasteiger partial charge in [0.2, 0.25) is 10.0 Å². The maximum atomic E-state index is 13.3. The van der Waals surface area contributed by atoms with Crippen LogP contribution in [0.1, 0.15) is 59.2 Å². The van der Waals surface area contributed by atoms with Gasteiger partial charge in [0, 0.05) is 16.0 Å². The first-order valence-electron chi connectivity index (χ1n) is 12.5. The number of Topliss-reactive ketones (excluding diaryl/α,β-unsaturated/α-hetero) is 1. The summed E-state index contributed by atoms with van der Waals surface area (Å²) in [6.45, 7) is 6.25. The van der Waals surface area contributed by atoms with Gasteiger partial charge in [0.1, 0.15) is 4.21 Å². The van der Waals surface area contributed by atoms with Crippen LogP contribution >= 0.6 is 11.3 Å². The molecule has 0 amide bonds. The molecule has 0 saturated carbocycles. The first-order chi connectivity index (χ1) is 18.1. The van der Waals surface area contributed by atoms with Crippen LogP contribution in [0.4, 0.5) is 0 Å². The Morgan fingerprint density at radius 2 is 1.89 bits per heavy atom. The minimum Gasteiger partial charge on any atom is -0.462 e. The van der Waals surface area contributed by atoms with Crippen molar-refractivity contribution in [3.8, 4) is 11.1 Å². The molecule has 0 spiro atoms. The standard InChI is InChI=1S/C28H31N3O5S2/c1-4-5-13-36-27(33)26-24(14-18(2)3)37-28(38(29,34)35)25(26)20-10-8-9-19(15-20)23(32)16-31-17-30-21-11-6-7-12-22(21)31/h6-12,15,17-18H,4-5,13-14,16H2,1-3H3,(H2,29,34,35). The molecular weight excluding hydrogens is 522 g/mol. The number of hydrogen-bond acceptors (Lipinski definition) is 7. The van der Waals surface area contributed by atoms with E-state index in [2.05, 4.69) is 4.98 Å². The molecule has 2 heterocycles. The molecule has 0 fully saturated rings. The summed E-state index contributed by atoms with van der Waals surface area (Å²) in [5.74, 6) is -0.608. The van der Waals surface area contributed by atoms with Crippen molar-refractivity contribution in [2.24, 2.45) is 11.1 Å². The number of thiophene rings is 1. The lowest BCUT2D eigenvalue weighted by molar-refractivity contribution is 0.0499. The van der Waals surface area contributed by atoms with Crippen LogP contribution in [0, 0.1) is 5.92 Å². The largest absolute Gasteiger partial charge is 0.462 e. The Kier molecular flexibility index (Phi) is 8.44. The van der Waals surface area contributed by atoms with E-state index in [0.29, 0.717) is 28.8 Å². The fourth-order valence-electron chi connectivity index (χ4n) is 4.26. The van der Waals surface area contributed by atoms with Crippen LogP contribution in [0.3, 0.4) is 0 Å². The van der Waals surface area contributed by atoms with Crippen molar-refractivity contribution in [3.63, 3.8) is 0 Å². The number of ketones is 1. The van der Waals surface area contributed by atoms with E-state index in [4.69, 9.17) is 9.88 Å². The van der Waals surface area contributed by atoms with Crippen LogP contribution in [0.5, 0.6) is 0 Å². The van der Waals surface area contributed by atoms with Crippen molar-refractivity contribution >= 4 is 44.1 Å². The Balaban J connectivity index is 1.79. The summed E-state index contributed by atoms with van der Waals surface area (Å²) in [6, 6.07) is 14.2. The Hall–Kier alpha value is -3.34. The van der Waals surface area contributed by atoms with Gasteiger partial charge in [-0.15, -0.1) is 11.3 Å². The van der Waals surface area contributed by atoms with Gasteiger partial charge in [-0.2, -0.15) is 0 Å². The quantitative estimate of drug-likeness (QED) is 0.150. The lowest BCUT2D eigenvalue weighted by Gasteiger charge is -2.11. The maximum absolute atomic E-state index is 13.3. The first kappa shape index (κ1) is 27.7. The second-order valence-electron chi connectivity index (χ2n) is 9.56.